The number of aromatic nitrogens is 2. The molecule has 0 atom stereocenters. The van der Waals surface area contributed by atoms with Crippen molar-refractivity contribution in [1.82, 2.24) is 9.97 Å². The number of hydrogen-bond donors (Lipinski definition) is 3. The average molecular weight is 310 g/mol. The van der Waals surface area contributed by atoms with Crippen LogP contribution in [0.3, 0.4) is 0 Å². The summed E-state index contributed by atoms with van der Waals surface area (Å²) < 4.78 is 34.6. The van der Waals surface area contributed by atoms with E-state index in [1.165, 1.54) is 12.1 Å². The number of nitrogens with one attached hydrogen (secondary N) is 2. The zero-order valence-corrected chi connectivity index (χ0v) is 11.6. The summed E-state index contributed by atoms with van der Waals surface area (Å²) in [4.78, 5) is 8.33. The molecular weight excluding hydrogens is 298 g/mol. The lowest BCUT2D eigenvalue weighted by Gasteiger charge is -2.09. The Hall–Kier alpha value is -2.84. The number of halogens is 2. The van der Waals surface area contributed by atoms with Crippen LogP contribution < -0.4 is 20.1 Å². The number of nitrogens with zero attached hydrogens (tertiary/aromatic N) is 2. The second-order valence-electron chi connectivity index (χ2n) is 4.58. The molecular formula is C13H12F2N4O3. The Labute approximate surface area is 123 Å². The molecule has 0 aliphatic carbocycles. The highest BCUT2D eigenvalue weighted by atomic mass is 19.3. The van der Waals surface area contributed by atoms with Crippen LogP contribution >= 0.6 is 0 Å². The highest BCUT2D eigenvalue weighted by molar-refractivity contribution is 5.66. The molecule has 7 nitrogen and oxygen atoms in total. The van der Waals surface area contributed by atoms with Gasteiger partial charge in [-0.15, -0.1) is 8.78 Å². The largest absolute Gasteiger partial charge is 0.586 e. The molecule has 0 saturated heterocycles. The van der Waals surface area contributed by atoms with E-state index in [0.717, 1.165) is 0 Å². The summed E-state index contributed by atoms with van der Waals surface area (Å²) in [7, 11) is 1.71. The number of fused-ring (bicyclic) bond motifs is 1. The number of phenols is 1. The van der Waals surface area contributed by atoms with Gasteiger partial charge in [0.25, 0.3) is 0 Å². The van der Waals surface area contributed by atoms with Gasteiger partial charge in [-0.2, -0.15) is 4.98 Å². The van der Waals surface area contributed by atoms with Crippen LogP contribution in [0.25, 0.3) is 0 Å². The molecule has 3 N–H and O–H groups in total. The van der Waals surface area contributed by atoms with Gasteiger partial charge in [-0.25, -0.2) is 4.98 Å². The maximum absolute atomic E-state index is 13.0. The number of hydrogen-bond acceptors (Lipinski definition) is 7. The van der Waals surface area contributed by atoms with Crippen LogP contribution in [0.2, 0.25) is 0 Å². The summed E-state index contributed by atoms with van der Waals surface area (Å²) in [6, 6.07) is 4.22. The first-order valence-electron chi connectivity index (χ1n) is 6.29. The van der Waals surface area contributed by atoms with Gasteiger partial charge in [0.05, 0.1) is 0 Å². The van der Waals surface area contributed by atoms with E-state index in [1.54, 1.807) is 20.0 Å². The molecule has 1 aliphatic heterocycles. The van der Waals surface area contributed by atoms with E-state index in [9.17, 15) is 13.9 Å². The van der Waals surface area contributed by atoms with Crippen molar-refractivity contribution in [1.29, 1.82) is 0 Å². The predicted octanol–water partition coefficient (Wildman–Crippen LogP) is 2.60. The monoisotopic (exact) mass is 310 g/mol. The van der Waals surface area contributed by atoms with E-state index in [0.29, 0.717) is 11.5 Å². The van der Waals surface area contributed by atoms with Gasteiger partial charge in [-0.1, -0.05) is 0 Å². The molecule has 0 amide bonds. The van der Waals surface area contributed by atoms with Crippen LogP contribution in [0, 0.1) is 6.92 Å². The quantitative estimate of drug-likeness (QED) is 0.803. The SMILES string of the molecule is CNc1cc(C)nc(Nc2cc(O)c3c(c2)OC(F)(F)O3)n1. The zero-order chi connectivity index (χ0) is 15.9. The number of rotatable bonds is 3. The molecule has 0 bridgehead atoms. The standard InChI is InChI=1S/C13H12F2N4O3/c1-6-3-10(16-2)19-12(17-6)18-7-4-8(20)11-9(5-7)21-13(14,15)22-11/h3-5,20H,1-2H3,(H2,16,17,18,19). The van der Waals surface area contributed by atoms with E-state index in [4.69, 9.17) is 0 Å². The molecule has 9 heteroatoms. The first kappa shape index (κ1) is 14.1. The topological polar surface area (TPSA) is 88.5 Å². The fourth-order valence-electron chi connectivity index (χ4n) is 1.99. The molecule has 0 spiro atoms. The minimum atomic E-state index is -3.79. The molecule has 1 aliphatic rings. The molecule has 2 aromatic rings. The number of alkyl halides is 2. The molecule has 116 valence electrons. The minimum absolute atomic E-state index is 0.245. The summed E-state index contributed by atoms with van der Waals surface area (Å²) >= 11 is 0. The van der Waals surface area contributed by atoms with Gasteiger partial charge in [0.1, 0.15) is 5.82 Å². The van der Waals surface area contributed by atoms with Crippen molar-refractivity contribution in [3.63, 3.8) is 0 Å². The van der Waals surface area contributed by atoms with Crippen LogP contribution in [-0.2, 0) is 0 Å². The Morgan fingerprint density at radius 3 is 2.68 bits per heavy atom. The van der Waals surface area contributed by atoms with Gasteiger partial charge >= 0.3 is 6.29 Å². The highest BCUT2D eigenvalue weighted by Gasteiger charge is 2.45. The first-order valence-corrected chi connectivity index (χ1v) is 6.29. The number of aryl methyl sites for hydroxylation is 1. The number of aromatic hydroxyl groups is 1. The number of anilines is 3. The van der Waals surface area contributed by atoms with Crippen molar-refractivity contribution in [3.8, 4) is 17.2 Å². The van der Waals surface area contributed by atoms with Crippen LogP contribution in [0.5, 0.6) is 17.2 Å². The molecule has 0 fully saturated rings. The van der Waals surface area contributed by atoms with Crippen molar-refractivity contribution in [3.05, 3.63) is 23.9 Å². The number of phenolic OH excluding ortho intramolecular Hbond substituents is 1. The van der Waals surface area contributed by atoms with Gasteiger partial charge in [0.15, 0.2) is 11.5 Å². The van der Waals surface area contributed by atoms with E-state index >= 15 is 0 Å². The minimum Gasteiger partial charge on any atom is -0.504 e. The lowest BCUT2D eigenvalue weighted by atomic mass is 10.2. The van der Waals surface area contributed by atoms with E-state index in [2.05, 4.69) is 30.1 Å². The van der Waals surface area contributed by atoms with Gasteiger partial charge in [-0.05, 0) is 6.92 Å². The lowest BCUT2D eigenvalue weighted by molar-refractivity contribution is -0.287. The molecule has 1 aromatic carbocycles. The predicted molar refractivity (Wildman–Crippen MR) is 73.9 cm³/mol. The number of ether oxygens (including phenoxy) is 2. The van der Waals surface area contributed by atoms with Crippen LogP contribution in [0.4, 0.5) is 26.2 Å². The van der Waals surface area contributed by atoms with Crippen molar-refractivity contribution in [2.45, 2.75) is 13.2 Å². The van der Waals surface area contributed by atoms with Crippen molar-refractivity contribution in [2.24, 2.45) is 0 Å². The molecule has 3 rings (SSSR count). The fraction of sp³-hybridized carbons (Fsp3) is 0.231. The molecule has 0 radical (unpaired) electrons. The molecule has 1 aromatic heterocycles. The maximum Gasteiger partial charge on any atom is 0.586 e. The summed E-state index contributed by atoms with van der Waals surface area (Å²) in [5, 5.41) is 15.4. The molecule has 0 unspecified atom stereocenters. The Morgan fingerprint density at radius 2 is 1.95 bits per heavy atom. The number of benzene rings is 1. The molecule has 0 saturated carbocycles. The van der Waals surface area contributed by atoms with Gasteiger partial charge < -0.3 is 25.2 Å². The van der Waals surface area contributed by atoms with Gasteiger partial charge in [0, 0.05) is 36.6 Å². The lowest BCUT2D eigenvalue weighted by Crippen LogP contribution is -2.25. The molecule has 22 heavy (non-hydrogen) atoms. The Bertz CT molecular complexity index is 739. The third-order valence-corrected chi connectivity index (χ3v) is 2.85. The third kappa shape index (κ3) is 2.65. The second-order valence-corrected chi connectivity index (χ2v) is 4.58. The maximum atomic E-state index is 13.0. The Kier molecular flexibility index (Phi) is 3.12. The molecule has 2 heterocycles. The van der Waals surface area contributed by atoms with Gasteiger partial charge in [0.2, 0.25) is 11.7 Å². The summed E-state index contributed by atoms with van der Waals surface area (Å²) in [5.74, 6) is -0.315. The smallest absolute Gasteiger partial charge is 0.504 e. The van der Waals surface area contributed by atoms with Crippen LogP contribution in [0.15, 0.2) is 18.2 Å². The summed E-state index contributed by atoms with van der Waals surface area (Å²) in [5.41, 5.74) is 0.989. The van der Waals surface area contributed by atoms with E-state index < -0.39 is 17.8 Å². The van der Waals surface area contributed by atoms with Crippen molar-refractivity contribution >= 4 is 17.5 Å². The normalized spacial score (nSPS) is 14.7. The average Bonchev–Trinajstić information content (AvgIpc) is 2.73. The van der Waals surface area contributed by atoms with Gasteiger partial charge in [-0.3, -0.25) is 0 Å². The van der Waals surface area contributed by atoms with Crippen molar-refractivity contribution in [2.75, 3.05) is 17.7 Å². The first-order chi connectivity index (χ1) is 10.4. The zero-order valence-electron chi connectivity index (χ0n) is 11.6. The fourth-order valence-corrected chi connectivity index (χ4v) is 1.99. The Morgan fingerprint density at radius 1 is 1.18 bits per heavy atom. The van der Waals surface area contributed by atoms with E-state index in [1.807, 2.05) is 0 Å². The van der Waals surface area contributed by atoms with Crippen molar-refractivity contribution < 1.29 is 23.4 Å². The van der Waals surface area contributed by atoms with Crippen LogP contribution in [-0.4, -0.2) is 28.4 Å². The summed E-state index contributed by atoms with van der Waals surface area (Å²) in [6.45, 7) is 1.78. The van der Waals surface area contributed by atoms with E-state index in [-0.39, 0.29) is 17.4 Å². The summed E-state index contributed by atoms with van der Waals surface area (Å²) in [6.07, 6.45) is -3.79. The highest BCUT2D eigenvalue weighted by Crippen LogP contribution is 2.48. The van der Waals surface area contributed by atoms with Crippen LogP contribution in [0.1, 0.15) is 5.69 Å². The third-order valence-electron chi connectivity index (χ3n) is 2.85. The Balaban J connectivity index is 1.92. The second kappa shape index (κ2) is 4.86.